The van der Waals surface area contributed by atoms with Crippen LogP contribution in [0.4, 0.5) is 9.18 Å². The molecule has 2 fully saturated rings. The van der Waals surface area contributed by atoms with Gasteiger partial charge in [0.15, 0.2) is 0 Å². The average Bonchev–Trinajstić information content (AvgIpc) is 3.03. The molecule has 1 aromatic rings. The van der Waals surface area contributed by atoms with Crippen molar-refractivity contribution in [1.29, 1.82) is 0 Å². The van der Waals surface area contributed by atoms with Crippen LogP contribution in [0.2, 0.25) is 0 Å². The van der Waals surface area contributed by atoms with E-state index in [0.29, 0.717) is 12.6 Å². The van der Waals surface area contributed by atoms with Crippen molar-refractivity contribution < 1.29 is 9.18 Å². The Bertz CT molecular complexity index is 459. The summed E-state index contributed by atoms with van der Waals surface area (Å²) in [5.74, 6) is 0.0686. The molecule has 3 rings (SSSR count). The van der Waals surface area contributed by atoms with Crippen LogP contribution in [0.15, 0.2) is 24.3 Å². The largest absolute Gasteiger partial charge is 0.335 e. The molecule has 1 heterocycles. The first-order valence-electron chi connectivity index (χ1n) is 6.53. The normalized spacial score (nSPS) is 23.2. The summed E-state index contributed by atoms with van der Waals surface area (Å²) in [6.45, 7) is 1.46. The van der Waals surface area contributed by atoms with E-state index in [-0.39, 0.29) is 17.8 Å². The molecule has 0 spiro atoms. The smallest absolute Gasteiger partial charge is 0.317 e. The van der Waals surface area contributed by atoms with Crippen molar-refractivity contribution in [2.24, 2.45) is 0 Å². The predicted molar refractivity (Wildman–Crippen MR) is 66.9 cm³/mol. The minimum Gasteiger partial charge on any atom is -0.335 e. The third kappa shape index (κ3) is 2.47. The molecule has 1 aromatic carbocycles. The number of nitrogens with one attached hydrogen (secondary N) is 1. The Hall–Kier alpha value is -1.58. The third-order valence-electron chi connectivity index (χ3n) is 3.70. The molecule has 1 N–H and O–H groups in total. The Morgan fingerprint density at radius 2 is 2.17 bits per heavy atom. The van der Waals surface area contributed by atoms with E-state index in [1.807, 2.05) is 11.0 Å². The summed E-state index contributed by atoms with van der Waals surface area (Å²) in [6, 6.07) is 7.14. The lowest BCUT2D eigenvalue weighted by atomic mass is 9.98. The van der Waals surface area contributed by atoms with E-state index in [1.54, 1.807) is 12.1 Å². The average molecular weight is 248 g/mol. The molecule has 2 amide bonds. The van der Waals surface area contributed by atoms with Gasteiger partial charge in [-0.15, -0.1) is 0 Å². The molecule has 0 radical (unpaired) electrons. The Balaban J connectivity index is 1.62. The van der Waals surface area contributed by atoms with Crippen LogP contribution in [0.25, 0.3) is 0 Å². The first kappa shape index (κ1) is 11.5. The Kier molecular flexibility index (Phi) is 2.94. The maximum Gasteiger partial charge on any atom is 0.317 e. The number of amides is 2. The van der Waals surface area contributed by atoms with Gasteiger partial charge in [0.2, 0.25) is 0 Å². The van der Waals surface area contributed by atoms with Crippen LogP contribution in [-0.2, 0) is 0 Å². The molecular weight excluding hydrogens is 231 g/mol. The standard InChI is InChI=1S/C14H17FN2O/c15-12-3-1-2-10(8-12)11-6-7-17(9-11)14(18)16-13-4-5-13/h1-3,8,11,13H,4-7,9H2,(H,16,18)/t11-/m0/s1. The highest BCUT2D eigenvalue weighted by molar-refractivity contribution is 5.75. The predicted octanol–water partition coefficient (Wildman–Crippen LogP) is 2.49. The van der Waals surface area contributed by atoms with Gasteiger partial charge in [-0.05, 0) is 37.0 Å². The van der Waals surface area contributed by atoms with Gasteiger partial charge in [0.25, 0.3) is 0 Å². The van der Waals surface area contributed by atoms with Gasteiger partial charge in [-0.1, -0.05) is 12.1 Å². The van der Waals surface area contributed by atoms with Crippen LogP contribution in [0.5, 0.6) is 0 Å². The van der Waals surface area contributed by atoms with E-state index in [2.05, 4.69) is 5.32 Å². The number of urea groups is 1. The molecule has 1 saturated carbocycles. The molecule has 0 unspecified atom stereocenters. The van der Waals surface area contributed by atoms with Crippen LogP contribution in [0.3, 0.4) is 0 Å². The van der Waals surface area contributed by atoms with Crippen molar-refractivity contribution in [3.8, 4) is 0 Å². The van der Waals surface area contributed by atoms with Crippen molar-refractivity contribution in [2.45, 2.75) is 31.2 Å². The van der Waals surface area contributed by atoms with Crippen molar-refractivity contribution in [2.75, 3.05) is 13.1 Å². The van der Waals surface area contributed by atoms with Gasteiger partial charge in [0.1, 0.15) is 5.82 Å². The summed E-state index contributed by atoms with van der Waals surface area (Å²) in [7, 11) is 0. The van der Waals surface area contributed by atoms with Crippen LogP contribution in [-0.4, -0.2) is 30.1 Å². The first-order chi connectivity index (χ1) is 8.72. The summed E-state index contributed by atoms with van der Waals surface area (Å²) in [5.41, 5.74) is 0.997. The summed E-state index contributed by atoms with van der Waals surface area (Å²) in [6.07, 6.45) is 3.13. The molecule has 1 atom stereocenters. The van der Waals surface area contributed by atoms with E-state index < -0.39 is 0 Å². The van der Waals surface area contributed by atoms with E-state index in [0.717, 1.165) is 31.4 Å². The van der Waals surface area contributed by atoms with Gasteiger partial charge in [-0.25, -0.2) is 9.18 Å². The van der Waals surface area contributed by atoms with E-state index in [4.69, 9.17) is 0 Å². The van der Waals surface area contributed by atoms with Gasteiger partial charge in [-0.2, -0.15) is 0 Å². The highest BCUT2D eigenvalue weighted by Crippen LogP contribution is 2.28. The second-order valence-electron chi connectivity index (χ2n) is 5.21. The molecule has 4 heteroatoms. The van der Waals surface area contributed by atoms with Gasteiger partial charge in [0.05, 0.1) is 0 Å². The third-order valence-corrected chi connectivity index (χ3v) is 3.70. The summed E-state index contributed by atoms with van der Waals surface area (Å²) < 4.78 is 13.2. The molecule has 1 saturated heterocycles. The lowest BCUT2D eigenvalue weighted by Crippen LogP contribution is -2.39. The molecule has 1 aliphatic carbocycles. The molecular formula is C14H17FN2O. The zero-order valence-electron chi connectivity index (χ0n) is 10.2. The van der Waals surface area contributed by atoms with Gasteiger partial charge < -0.3 is 10.2 Å². The fraction of sp³-hybridized carbons (Fsp3) is 0.500. The highest BCUT2D eigenvalue weighted by Gasteiger charge is 2.30. The number of hydrogen-bond donors (Lipinski definition) is 1. The Morgan fingerprint density at radius 3 is 2.89 bits per heavy atom. The molecule has 1 aliphatic heterocycles. The zero-order chi connectivity index (χ0) is 12.5. The minimum atomic E-state index is -0.201. The number of likely N-dealkylation sites (tertiary alicyclic amines) is 1. The highest BCUT2D eigenvalue weighted by atomic mass is 19.1. The van der Waals surface area contributed by atoms with Gasteiger partial charge in [-0.3, -0.25) is 0 Å². The SMILES string of the molecule is O=C(NC1CC1)N1CC[C@H](c2cccc(F)c2)C1. The molecule has 0 bridgehead atoms. The second-order valence-corrected chi connectivity index (χ2v) is 5.21. The molecule has 0 aromatic heterocycles. The van der Waals surface area contributed by atoms with E-state index in [1.165, 1.54) is 6.07 Å². The Morgan fingerprint density at radius 1 is 1.33 bits per heavy atom. The van der Waals surface area contributed by atoms with Crippen molar-refractivity contribution in [3.05, 3.63) is 35.6 Å². The summed E-state index contributed by atoms with van der Waals surface area (Å²) >= 11 is 0. The van der Waals surface area contributed by atoms with Crippen molar-refractivity contribution in [1.82, 2.24) is 10.2 Å². The monoisotopic (exact) mass is 248 g/mol. The topological polar surface area (TPSA) is 32.3 Å². The van der Waals surface area contributed by atoms with Crippen LogP contribution in [0.1, 0.15) is 30.7 Å². The maximum atomic E-state index is 13.2. The van der Waals surface area contributed by atoms with Gasteiger partial charge >= 0.3 is 6.03 Å². The van der Waals surface area contributed by atoms with Gasteiger partial charge in [0, 0.05) is 25.0 Å². The van der Waals surface area contributed by atoms with E-state index >= 15 is 0 Å². The molecule has 96 valence electrons. The maximum absolute atomic E-state index is 13.2. The zero-order valence-corrected chi connectivity index (χ0v) is 10.2. The number of rotatable bonds is 2. The summed E-state index contributed by atoms with van der Waals surface area (Å²) in [4.78, 5) is 13.7. The molecule has 3 nitrogen and oxygen atoms in total. The number of hydrogen-bond acceptors (Lipinski definition) is 1. The Labute approximate surface area is 106 Å². The number of carbonyl (C=O) groups excluding carboxylic acids is 1. The summed E-state index contributed by atoms with van der Waals surface area (Å²) in [5, 5.41) is 2.99. The number of carbonyl (C=O) groups is 1. The second kappa shape index (κ2) is 4.59. The fourth-order valence-corrected chi connectivity index (χ4v) is 2.47. The first-order valence-corrected chi connectivity index (χ1v) is 6.53. The minimum absolute atomic E-state index is 0.0383. The number of benzene rings is 1. The lowest BCUT2D eigenvalue weighted by molar-refractivity contribution is 0.208. The number of nitrogens with zero attached hydrogens (tertiary/aromatic N) is 1. The van der Waals surface area contributed by atoms with Crippen LogP contribution < -0.4 is 5.32 Å². The van der Waals surface area contributed by atoms with Crippen molar-refractivity contribution in [3.63, 3.8) is 0 Å². The molecule has 18 heavy (non-hydrogen) atoms. The van der Waals surface area contributed by atoms with Crippen molar-refractivity contribution >= 4 is 6.03 Å². The fourth-order valence-electron chi connectivity index (χ4n) is 2.47. The van der Waals surface area contributed by atoms with Crippen LogP contribution in [0, 0.1) is 5.82 Å². The molecule has 2 aliphatic rings. The number of halogens is 1. The van der Waals surface area contributed by atoms with Crippen LogP contribution >= 0.6 is 0 Å². The van der Waals surface area contributed by atoms with E-state index in [9.17, 15) is 9.18 Å². The lowest BCUT2D eigenvalue weighted by Gasteiger charge is -2.17. The quantitative estimate of drug-likeness (QED) is 0.856.